The lowest BCUT2D eigenvalue weighted by molar-refractivity contribution is -0.0302. The van der Waals surface area contributed by atoms with Crippen LogP contribution in [0.25, 0.3) is 0 Å². The molecule has 2 N–H and O–H groups in total. The van der Waals surface area contributed by atoms with Crippen LogP contribution in [0.1, 0.15) is 40.0 Å². The summed E-state index contributed by atoms with van der Waals surface area (Å²) in [6.45, 7) is 0. The van der Waals surface area contributed by atoms with Gasteiger partial charge in [0.25, 0.3) is 11.8 Å². The maximum absolute atomic E-state index is 12.3. The van der Waals surface area contributed by atoms with Gasteiger partial charge in [0.2, 0.25) is 0 Å². The Morgan fingerprint density at radius 3 is 2.05 bits per heavy atom. The molecule has 0 aromatic heterocycles. The van der Waals surface area contributed by atoms with E-state index in [2.05, 4.69) is 0 Å². The van der Waals surface area contributed by atoms with Gasteiger partial charge in [0.15, 0.2) is 0 Å². The van der Waals surface area contributed by atoms with Gasteiger partial charge in [0, 0.05) is 6.04 Å². The van der Waals surface area contributed by atoms with Crippen molar-refractivity contribution in [1.82, 2.24) is 4.90 Å². The second-order valence-corrected chi connectivity index (χ2v) is 5.13. The Balaban J connectivity index is 1.88. The van der Waals surface area contributed by atoms with E-state index >= 15 is 0 Å². The van der Waals surface area contributed by atoms with Crippen molar-refractivity contribution in [3.63, 3.8) is 0 Å². The number of carbonyl (C=O) groups excluding carboxylic acids is 2. The number of hydrogen-bond acceptors (Lipinski definition) is 4. The highest BCUT2D eigenvalue weighted by atomic mass is 16.3. The Kier molecular flexibility index (Phi) is 2.88. The number of fused-ring (bicyclic) bond motifs is 1. The molecule has 1 aliphatic heterocycles. The summed E-state index contributed by atoms with van der Waals surface area (Å²) in [5, 5.41) is 19.2. The third kappa shape index (κ3) is 1.86. The zero-order valence-corrected chi connectivity index (χ0v) is 10.3. The lowest BCUT2D eigenvalue weighted by Gasteiger charge is -2.34. The predicted octanol–water partition coefficient (Wildman–Crippen LogP) is 0.557. The molecule has 1 aromatic carbocycles. The van der Waals surface area contributed by atoms with Gasteiger partial charge >= 0.3 is 0 Å². The molecule has 100 valence electrons. The second kappa shape index (κ2) is 4.43. The number of amides is 2. The first-order valence-electron chi connectivity index (χ1n) is 6.42. The van der Waals surface area contributed by atoms with Crippen molar-refractivity contribution < 1.29 is 19.8 Å². The number of rotatable bonds is 1. The van der Waals surface area contributed by atoms with E-state index in [1.807, 2.05) is 0 Å². The van der Waals surface area contributed by atoms with E-state index in [9.17, 15) is 19.8 Å². The zero-order valence-electron chi connectivity index (χ0n) is 10.3. The van der Waals surface area contributed by atoms with Gasteiger partial charge in [0.05, 0.1) is 23.3 Å². The van der Waals surface area contributed by atoms with Crippen molar-refractivity contribution in [2.45, 2.75) is 37.5 Å². The highest BCUT2D eigenvalue weighted by molar-refractivity contribution is 6.21. The van der Waals surface area contributed by atoms with Gasteiger partial charge in [-0.25, -0.2) is 0 Å². The van der Waals surface area contributed by atoms with Crippen molar-refractivity contribution in [3.05, 3.63) is 35.4 Å². The molecular formula is C14H15NO4. The van der Waals surface area contributed by atoms with Crippen molar-refractivity contribution in [3.8, 4) is 0 Å². The van der Waals surface area contributed by atoms with Gasteiger partial charge in [-0.2, -0.15) is 0 Å². The molecule has 19 heavy (non-hydrogen) atoms. The largest absolute Gasteiger partial charge is 0.390 e. The highest BCUT2D eigenvalue weighted by Crippen LogP contribution is 2.31. The summed E-state index contributed by atoms with van der Waals surface area (Å²) in [6, 6.07) is 6.42. The van der Waals surface area contributed by atoms with Crippen LogP contribution < -0.4 is 0 Å². The summed E-state index contributed by atoms with van der Waals surface area (Å²) in [5.74, 6) is -0.594. The molecule has 0 bridgehead atoms. The Hall–Kier alpha value is -1.72. The van der Waals surface area contributed by atoms with Crippen LogP contribution in [0.2, 0.25) is 0 Å². The molecule has 1 aliphatic carbocycles. The lowest BCUT2D eigenvalue weighted by Crippen LogP contribution is -2.47. The smallest absolute Gasteiger partial charge is 0.261 e. The van der Waals surface area contributed by atoms with E-state index in [0.717, 1.165) is 0 Å². The molecule has 1 aromatic rings. The average molecular weight is 261 g/mol. The van der Waals surface area contributed by atoms with Crippen LogP contribution in [-0.2, 0) is 0 Å². The van der Waals surface area contributed by atoms with Crippen molar-refractivity contribution in [1.29, 1.82) is 0 Å². The molecule has 1 saturated carbocycles. The number of imide groups is 1. The van der Waals surface area contributed by atoms with Gasteiger partial charge in [-0.15, -0.1) is 0 Å². The number of benzene rings is 1. The fourth-order valence-corrected chi connectivity index (χ4v) is 2.88. The van der Waals surface area contributed by atoms with Crippen molar-refractivity contribution >= 4 is 11.8 Å². The monoisotopic (exact) mass is 261 g/mol. The first kappa shape index (κ1) is 12.3. The predicted molar refractivity (Wildman–Crippen MR) is 66.6 cm³/mol. The van der Waals surface area contributed by atoms with E-state index in [-0.39, 0.29) is 24.3 Å². The van der Waals surface area contributed by atoms with Crippen LogP contribution in [0.5, 0.6) is 0 Å². The maximum Gasteiger partial charge on any atom is 0.261 e. The molecule has 2 aliphatic rings. The van der Waals surface area contributed by atoms with Crippen LogP contribution in [0, 0.1) is 0 Å². The molecule has 1 heterocycles. The Morgan fingerprint density at radius 1 is 0.947 bits per heavy atom. The molecule has 5 nitrogen and oxygen atoms in total. The standard InChI is InChI=1S/C14H15NO4/c16-11-6-5-8(7-12(11)17)15-13(18)9-3-1-2-4-10(9)14(15)19/h1-4,8,11-12,16-17H,5-7H2/t8-,11-,12+/m0/s1. The van der Waals surface area contributed by atoms with Gasteiger partial charge in [-0.05, 0) is 31.4 Å². The summed E-state index contributed by atoms with van der Waals surface area (Å²) in [6.07, 6.45) is -0.454. The molecule has 5 heteroatoms. The van der Waals surface area contributed by atoms with Crippen LogP contribution in [0.15, 0.2) is 24.3 Å². The SMILES string of the molecule is O=C1c2ccccc2C(=O)N1[C@H]1CC[C@H](O)[C@H](O)C1. The van der Waals surface area contributed by atoms with Crippen LogP contribution >= 0.6 is 0 Å². The van der Waals surface area contributed by atoms with Gasteiger partial charge in [0.1, 0.15) is 0 Å². The first-order valence-corrected chi connectivity index (χ1v) is 6.42. The quantitative estimate of drug-likeness (QED) is 0.724. The molecule has 1 fully saturated rings. The van der Waals surface area contributed by atoms with Gasteiger partial charge in [-0.3, -0.25) is 14.5 Å². The van der Waals surface area contributed by atoms with E-state index in [1.165, 1.54) is 4.90 Å². The number of carbonyl (C=O) groups is 2. The summed E-state index contributed by atoms with van der Waals surface area (Å²) in [5.41, 5.74) is 0.848. The number of aliphatic hydroxyl groups excluding tert-OH is 2. The lowest BCUT2D eigenvalue weighted by atomic mass is 9.89. The molecule has 0 radical (unpaired) electrons. The van der Waals surface area contributed by atoms with E-state index < -0.39 is 12.2 Å². The first-order chi connectivity index (χ1) is 9.09. The minimum absolute atomic E-state index is 0.243. The van der Waals surface area contributed by atoms with Crippen molar-refractivity contribution in [2.75, 3.05) is 0 Å². The molecule has 0 unspecified atom stereocenters. The normalized spacial score (nSPS) is 30.6. The number of hydrogen-bond donors (Lipinski definition) is 2. The van der Waals surface area contributed by atoms with Crippen LogP contribution in [-0.4, -0.2) is 45.2 Å². The Morgan fingerprint density at radius 2 is 1.53 bits per heavy atom. The van der Waals surface area contributed by atoms with Crippen molar-refractivity contribution in [2.24, 2.45) is 0 Å². The summed E-state index contributed by atoms with van der Waals surface area (Å²) in [4.78, 5) is 25.7. The van der Waals surface area contributed by atoms with Gasteiger partial charge < -0.3 is 10.2 Å². The maximum atomic E-state index is 12.3. The fraction of sp³-hybridized carbons (Fsp3) is 0.429. The molecule has 0 saturated heterocycles. The average Bonchev–Trinajstić information content (AvgIpc) is 2.66. The summed E-state index contributed by atoms with van der Waals surface area (Å²) < 4.78 is 0. The van der Waals surface area contributed by atoms with E-state index in [0.29, 0.717) is 24.0 Å². The number of aliphatic hydroxyl groups is 2. The van der Waals surface area contributed by atoms with Crippen LogP contribution in [0.3, 0.4) is 0 Å². The second-order valence-electron chi connectivity index (χ2n) is 5.13. The van der Waals surface area contributed by atoms with Gasteiger partial charge in [-0.1, -0.05) is 12.1 Å². The van der Waals surface area contributed by atoms with Crippen LogP contribution in [0.4, 0.5) is 0 Å². The van der Waals surface area contributed by atoms with E-state index in [1.54, 1.807) is 24.3 Å². The zero-order chi connectivity index (χ0) is 13.6. The molecule has 2 amide bonds. The summed E-state index contributed by atoms with van der Waals surface area (Å²) >= 11 is 0. The highest BCUT2D eigenvalue weighted by Gasteiger charge is 2.42. The third-order valence-corrected chi connectivity index (χ3v) is 3.94. The minimum atomic E-state index is -0.872. The topological polar surface area (TPSA) is 77.8 Å². The number of nitrogens with zero attached hydrogens (tertiary/aromatic N) is 1. The third-order valence-electron chi connectivity index (χ3n) is 3.94. The Labute approximate surface area is 110 Å². The molecular weight excluding hydrogens is 246 g/mol. The summed E-state index contributed by atoms with van der Waals surface area (Å²) in [7, 11) is 0. The van der Waals surface area contributed by atoms with E-state index in [4.69, 9.17) is 0 Å². The Bertz CT molecular complexity index is 507. The fourth-order valence-electron chi connectivity index (χ4n) is 2.88. The molecule has 3 atom stereocenters. The molecule has 3 rings (SSSR count). The minimum Gasteiger partial charge on any atom is -0.390 e. The molecule has 0 spiro atoms.